The third kappa shape index (κ3) is 6.42. The van der Waals surface area contributed by atoms with Crippen LogP contribution >= 0.6 is 0 Å². The van der Waals surface area contributed by atoms with E-state index in [0.29, 0.717) is 18.0 Å². The zero-order valence-corrected chi connectivity index (χ0v) is 14.0. The lowest BCUT2D eigenvalue weighted by molar-refractivity contribution is -0.119. The van der Waals surface area contributed by atoms with Crippen molar-refractivity contribution in [1.29, 1.82) is 0 Å². The van der Waals surface area contributed by atoms with Crippen molar-refractivity contribution in [2.45, 2.75) is 26.8 Å². The number of rotatable bonds is 7. The van der Waals surface area contributed by atoms with Gasteiger partial charge in [0, 0.05) is 11.8 Å². The lowest BCUT2D eigenvalue weighted by atomic mass is 10.0. The average molecular weight is 320 g/mol. The number of alkyl carbamates (subject to hydrolysis) is 1. The molecule has 0 aliphatic carbocycles. The van der Waals surface area contributed by atoms with Crippen molar-refractivity contribution in [2.75, 3.05) is 19.0 Å². The van der Waals surface area contributed by atoms with Gasteiger partial charge in [0.15, 0.2) is 0 Å². The van der Waals surface area contributed by atoms with Gasteiger partial charge in [-0.1, -0.05) is 26.5 Å². The van der Waals surface area contributed by atoms with Crippen LogP contribution in [0.3, 0.4) is 0 Å². The van der Waals surface area contributed by atoms with Gasteiger partial charge in [-0.2, -0.15) is 0 Å². The first kappa shape index (κ1) is 18.5. The summed E-state index contributed by atoms with van der Waals surface area (Å²) in [5, 5.41) is 5.29. The molecule has 1 rings (SSSR count). The smallest absolute Gasteiger partial charge is 0.407 e. The van der Waals surface area contributed by atoms with Crippen LogP contribution in [0.1, 0.15) is 20.8 Å². The van der Waals surface area contributed by atoms with E-state index < -0.39 is 12.1 Å². The van der Waals surface area contributed by atoms with E-state index in [1.807, 2.05) is 20.8 Å². The molecule has 2 N–H and O–H groups in total. The van der Waals surface area contributed by atoms with Gasteiger partial charge in [-0.15, -0.1) is 0 Å². The van der Waals surface area contributed by atoms with Crippen LogP contribution in [0.2, 0.25) is 0 Å². The molecule has 0 saturated carbocycles. The molecule has 1 atom stereocenters. The van der Waals surface area contributed by atoms with Gasteiger partial charge in [-0.25, -0.2) is 4.79 Å². The van der Waals surface area contributed by atoms with Gasteiger partial charge in [0.2, 0.25) is 5.91 Å². The molecule has 1 aromatic rings. The Hall–Kier alpha value is -2.50. The molecule has 126 valence electrons. The van der Waals surface area contributed by atoms with Crippen molar-refractivity contribution in [3.05, 3.63) is 36.4 Å². The number of amides is 2. The number of nitrogens with one attached hydrogen (secondary N) is 2. The molecule has 6 heteroatoms. The van der Waals surface area contributed by atoms with Crippen LogP contribution in [-0.2, 0) is 9.53 Å². The van der Waals surface area contributed by atoms with Crippen LogP contribution in [0.15, 0.2) is 36.4 Å². The third-order valence-corrected chi connectivity index (χ3v) is 2.99. The molecule has 0 aliphatic rings. The maximum atomic E-state index is 12.3. The number of hydrogen-bond donors (Lipinski definition) is 2. The monoisotopic (exact) mass is 320 g/mol. The van der Waals surface area contributed by atoms with E-state index in [-0.39, 0.29) is 11.8 Å². The van der Waals surface area contributed by atoms with Crippen LogP contribution in [0.4, 0.5) is 10.5 Å². The largest absolute Gasteiger partial charge is 0.489 e. The summed E-state index contributed by atoms with van der Waals surface area (Å²) in [5.41, 5.74) is 1.49. The van der Waals surface area contributed by atoms with Gasteiger partial charge in [-0.3, -0.25) is 4.79 Å². The fourth-order valence-electron chi connectivity index (χ4n) is 1.81. The average Bonchev–Trinajstić information content (AvgIpc) is 2.50. The number of hydrogen-bond acceptors (Lipinski definition) is 4. The summed E-state index contributed by atoms with van der Waals surface area (Å²) >= 11 is 0. The Bertz CT molecular complexity index is 569. The van der Waals surface area contributed by atoms with Crippen LogP contribution in [-0.4, -0.2) is 31.8 Å². The predicted octanol–water partition coefficient (Wildman–Crippen LogP) is 2.96. The SMILES string of the molecule is C=C(C)COc1cccc(NC(=O)[C@@H](NC(=O)OC)C(C)C)c1. The predicted molar refractivity (Wildman–Crippen MR) is 89.5 cm³/mol. The van der Waals surface area contributed by atoms with Gasteiger partial charge >= 0.3 is 6.09 Å². The Morgan fingerprint density at radius 1 is 1.30 bits per heavy atom. The van der Waals surface area contributed by atoms with Crippen molar-refractivity contribution in [1.82, 2.24) is 5.32 Å². The molecular weight excluding hydrogens is 296 g/mol. The highest BCUT2D eigenvalue weighted by Gasteiger charge is 2.24. The van der Waals surface area contributed by atoms with Gasteiger partial charge in [0.1, 0.15) is 18.4 Å². The van der Waals surface area contributed by atoms with Crippen molar-refractivity contribution in [3.8, 4) is 5.75 Å². The van der Waals surface area contributed by atoms with E-state index in [9.17, 15) is 9.59 Å². The van der Waals surface area contributed by atoms with Crippen molar-refractivity contribution >= 4 is 17.7 Å². The summed E-state index contributed by atoms with van der Waals surface area (Å²) in [7, 11) is 1.26. The summed E-state index contributed by atoms with van der Waals surface area (Å²) in [4.78, 5) is 23.7. The standard InChI is InChI=1S/C17H24N2O4/c1-11(2)10-23-14-8-6-7-13(9-14)18-16(20)15(12(3)4)19-17(21)22-5/h6-9,12,15H,1,10H2,2-5H3,(H,18,20)(H,19,21)/t15-/m0/s1. The van der Waals surface area contributed by atoms with E-state index in [2.05, 4.69) is 21.9 Å². The molecule has 1 aromatic carbocycles. The van der Waals surface area contributed by atoms with E-state index in [1.54, 1.807) is 24.3 Å². The van der Waals surface area contributed by atoms with E-state index >= 15 is 0 Å². The molecule has 0 aromatic heterocycles. The maximum absolute atomic E-state index is 12.3. The van der Waals surface area contributed by atoms with E-state index in [4.69, 9.17) is 4.74 Å². The minimum atomic E-state index is -0.692. The summed E-state index contributed by atoms with van der Waals surface area (Å²) < 4.78 is 10.1. The summed E-state index contributed by atoms with van der Waals surface area (Å²) in [5.74, 6) is 0.229. The first-order chi connectivity index (χ1) is 10.8. The fraction of sp³-hybridized carbons (Fsp3) is 0.412. The number of carbonyl (C=O) groups excluding carboxylic acids is 2. The second kappa shape index (κ2) is 8.82. The van der Waals surface area contributed by atoms with Gasteiger partial charge in [0.25, 0.3) is 0 Å². The molecule has 0 fully saturated rings. The molecule has 2 amide bonds. The van der Waals surface area contributed by atoms with E-state index in [1.165, 1.54) is 7.11 Å². The molecule has 0 bridgehead atoms. The van der Waals surface area contributed by atoms with Crippen LogP contribution in [0.5, 0.6) is 5.75 Å². The Kier molecular flexibility index (Phi) is 7.12. The topological polar surface area (TPSA) is 76.7 Å². The lowest BCUT2D eigenvalue weighted by Crippen LogP contribution is -2.47. The molecule has 6 nitrogen and oxygen atoms in total. The Labute approximate surface area is 136 Å². The molecular formula is C17H24N2O4. The highest BCUT2D eigenvalue weighted by molar-refractivity contribution is 5.96. The van der Waals surface area contributed by atoms with Crippen molar-refractivity contribution < 1.29 is 19.1 Å². The molecule has 0 radical (unpaired) electrons. The molecule has 0 spiro atoms. The normalized spacial score (nSPS) is 11.5. The summed E-state index contributed by atoms with van der Waals surface area (Å²) in [6, 6.07) is 6.35. The summed E-state index contributed by atoms with van der Waals surface area (Å²) in [6.45, 7) is 9.74. The van der Waals surface area contributed by atoms with E-state index in [0.717, 1.165) is 5.57 Å². The Balaban J connectivity index is 2.76. The Morgan fingerprint density at radius 2 is 2.00 bits per heavy atom. The Morgan fingerprint density at radius 3 is 2.57 bits per heavy atom. The summed E-state index contributed by atoms with van der Waals surface area (Å²) in [6.07, 6.45) is -0.641. The molecule has 0 saturated heterocycles. The highest BCUT2D eigenvalue weighted by Crippen LogP contribution is 2.18. The molecule has 23 heavy (non-hydrogen) atoms. The first-order valence-electron chi connectivity index (χ1n) is 7.36. The quantitative estimate of drug-likeness (QED) is 0.757. The first-order valence-corrected chi connectivity index (χ1v) is 7.36. The highest BCUT2D eigenvalue weighted by atomic mass is 16.5. The molecule has 0 heterocycles. The zero-order chi connectivity index (χ0) is 17.4. The number of benzene rings is 1. The third-order valence-electron chi connectivity index (χ3n) is 2.99. The second-order valence-corrected chi connectivity index (χ2v) is 5.62. The zero-order valence-electron chi connectivity index (χ0n) is 14.0. The number of carbonyl (C=O) groups is 2. The number of ether oxygens (including phenoxy) is 2. The maximum Gasteiger partial charge on any atom is 0.407 e. The second-order valence-electron chi connectivity index (χ2n) is 5.62. The molecule has 0 aliphatic heterocycles. The fourth-order valence-corrected chi connectivity index (χ4v) is 1.81. The van der Waals surface area contributed by atoms with Gasteiger partial charge in [0.05, 0.1) is 7.11 Å². The number of methoxy groups -OCH3 is 1. The van der Waals surface area contributed by atoms with Crippen molar-refractivity contribution in [2.24, 2.45) is 5.92 Å². The van der Waals surface area contributed by atoms with Gasteiger partial charge < -0.3 is 20.1 Å². The van der Waals surface area contributed by atoms with Crippen LogP contribution in [0.25, 0.3) is 0 Å². The minimum Gasteiger partial charge on any atom is -0.489 e. The van der Waals surface area contributed by atoms with Crippen LogP contribution < -0.4 is 15.4 Å². The molecule has 0 unspecified atom stereocenters. The van der Waals surface area contributed by atoms with Gasteiger partial charge in [-0.05, 0) is 30.5 Å². The lowest BCUT2D eigenvalue weighted by Gasteiger charge is -2.21. The van der Waals surface area contributed by atoms with Crippen LogP contribution in [0, 0.1) is 5.92 Å². The minimum absolute atomic E-state index is 0.0862. The number of anilines is 1. The van der Waals surface area contributed by atoms with Crippen molar-refractivity contribution in [3.63, 3.8) is 0 Å².